The average Bonchev–Trinajstić information content (AvgIpc) is 2.49. The standard InChI is InChI=1S/C9H12N4/c1-7-4-3-5-13-9(7)11-8(12-13)6-10-2/h3-5,10H,6H2,1-2H3. The molecule has 2 heterocycles. The van der Waals surface area contributed by atoms with E-state index in [-0.39, 0.29) is 0 Å². The van der Waals surface area contributed by atoms with E-state index in [1.165, 1.54) is 0 Å². The van der Waals surface area contributed by atoms with Crippen molar-refractivity contribution in [2.24, 2.45) is 0 Å². The van der Waals surface area contributed by atoms with E-state index in [9.17, 15) is 0 Å². The lowest BCUT2D eigenvalue weighted by molar-refractivity contribution is 0.752. The average molecular weight is 176 g/mol. The van der Waals surface area contributed by atoms with Crippen molar-refractivity contribution in [1.29, 1.82) is 0 Å². The van der Waals surface area contributed by atoms with Crippen molar-refractivity contribution < 1.29 is 0 Å². The van der Waals surface area contributed by atoms with E-state index in [0.717, 1.165) is 17.0 Å². The molecule has 0 aliphatic carbocycles. The number of aromatic nitrogens is 3. The molecule has 0 fully saturated rings. The van der Waals surface area contributed by atoms with E-state index >= 15 is 0 Å². The molecule has 0 aromatic carbocycles. The number of hydrogen-bond acceptors (Lipinski definition) is 3. The van der Waals surface area contributed by atoms with Crippen LogP contribution in [0, 0.1) is 6.92 Å². The Bertz CT molecular complexity index is 418. The summed E-state index contributed by atoms with van der Waals surface area (Å²) in [6.45, 7) is 2.74. The molecule has 2 rings (SSSR count). The number of aryl methyl sites for hydroxylation is 1. The largest absolute Gasteiger partial charge is 0.313 e. The van der Waals surface area contributed by atoms with Crippen molar-refractivity contribution in [2.75, 3.05) is 7.05 Å². The molecule has 4 nitrogen and oxygen atoms in total. The smallest absolute Gasteiger partial charge is 0.165 e. The summed E-state index contributed by atoms with van der Waals surface area (Å²) in [5.41, 5.74) is 2.09. The van der Waals surface area contributed by atoms with Crippen LogP contribution in [-0.2, 0) is 6.54 Å². The zero-order valence-electron chi connectivity index (χ0n) is 7.78. The molecule has 4 heteroatoms. The van der Waals surface area contributed by atoms with Crippen LogP contribution < -0.4 is 5.32 Å². The van der Waals surface area contributed by atoms with E-state index in [2.05, 4.69) is 15.4 Å². The number of rotatable bonds is 2. The lowest BCUT2D eigenvalue weighted by Gasteiger charge is -1.92. The second-order valence-electron chi connectivity index (χ2n) is 3.02. The fourth-order valence-corrected chi connectivity index (χ4v) is 1.32. The Morgan fingerprint density at radius 1 is 1.54 bits per heavy atom. The third-order valence-corrected chi connectivity index (χ3v) is 1.94. The van der Waals surface area contributed by atoms with Crippen molar-refractivity contribution in [3.8, 4) is 0 Å². The van der Waals surface area contributed by atoms with Crippen LogP contribution in [0.3, 0.4) is 0 Å². The summed E-state index contributed by atoms with van der Waals surface area (Å²) in [5, 5.41) is 7.33. The number of nitrogens with one attached hydrogen (secondary N) is 1. The van der Waals surface area contributed by atoms with Gasteiger partial charge in [-0.3, -0.25) is 0 Å². The summed E-state index contributed by atoms with van der Waals surface area (Å²) >= 11 is 0. The van der Waals surface area contributed by atoms with Crippen molar-refractivity contribution in [2.45, 2.75) is 13.5 Å². The maximum Gasteiger partial charge on any atom is 0.165 e. The molecule has 0 amide bonds. The molecule has 0 saturated heterocycles. The van der Waals surface area contributed by atoms with Gasteiger partial charge in [-0.25, -0.2) is 9.50 Å². The van der Waals surface area contributed by atoms with Gasteiger partial charge in [-0.05, 0) is 25.6 Å². The molecule has 0 spiro atoms. The van der Waals surface area contributed by atoms with Gasteiger partial charge in [0.1, 0.15) is 0 Å². The first-order chi connectivity index (χ1) is 6.31. The Kier molecular flexibility index (Phi) is 1.98. The predicted molar refractivity (Wildman–Crippen MR) is 50.5 cm³/mol. The van der Waals surface area contributed by atoms with E-state index < -0.39 is 0 Å². The van der Waals surface area contributed by atoms with E-state index in [0.29, 0.717) is 6.54 Å². The van der Waals surface area contributed by atoms with Crippen molar-refractivity contribution in [1.82, 2.24) is 19.9 Å². The summed E-state index contributed by atoms with van der Waals surface area (Å²) in [5.74, 6) is 0.830. The zero-order chi connectivity index (χ0) is 9.26. The van der Waals surface area contributed by atoms with Gasteiger partial charge in [-0.2, -0.15) is 0 Å². The molecule has 13 heavy (non-hydrogen) atoms. The fourth-order valence-electron chi connectivity index (χ4n) is 1.32. The van der Waals surface area contributed by atoms with Gasteiger partial charge in [-0.15, -0.1) is 5.10 Å². The maximum atomic E-state index is 4.39. The normalized spacial score (nSPS) is 10.9. The second-order valence-corrected chi connectivity index (χ2v) is 3.02. The van der Waals surface area contributed by atoms with Crippen LogP contribution in [0.25, 0.3) is 5.65 Å². The Morgan fingerprint density at radius 3 is 3.08 bits per heavy atom. The first kappa shape index (κ1) is 8.19. The lowest BCUT2D eigenvalue weighted by atomic mass is 10.3. The van der Waals surface area contributed by atoms with Crippen molar-refractivity contribution >= 4 is 5.65 Å². The van der Waals surface area contributed by atoms with Crippen LogP contribution in [0.15, 0.2) is 18.3 Å². The van der Waals surface area contributed by atoms with Crippen molar-refractivity contribution in [3.05, 3.63) is 29.7 Å². The molecule has 0 atom stereocenters. The van der Waals surface area contributed by atoms with Crippen LogP contribution in [0.2, 0.25) is 0 Å². The molecule has 0 aliphatic rings. The number of pyridine rings is 1. The minimum Gasteiger partial charge on any atom is -0.313 e. The molecule has 0 radical (unpaired) electrons. The summed E-state index contributed by atoms with van der Waals surface area (Å²) in [4.78, 5) is 4.39. The summed E-state index contributed by atoms with van der Waals surface area (Å²) in [7, 11) is 1.89. The van der Waals surface area contributed by atoms with E-state index in [4.69, 9.17) is 0 Å². The first-order valence-electron chi connectivity index (χ1n) is 4.27. The molecule has 0 unspecified atom stereocenters. The Labute approximate surface area is 76.6 Å². The maximum absolute atomic E-state index is 4.39. The van der Waals surface area contributed by atoms with Gasteiger partial charge in [-0.1, -0.05) is 6.07 Å². The highest BCUT2D eigenvalue weighted by molar-refractivity contribution is 5.45. The topological polar surface area (TPSA) is 42.2 Å². The molecule has 0 saturated carbocycles. The Balaban J connectivity index is 2.55. The fraction of sp³-hybridized carbons (Fsp3) is 0.333. The molecule has 2 aromatic rings. The van der Waals surface area contributed by atoms with Crippen LogP contribution >= 0.6 is 0 Å². The Hall–Kier alpha value is -1.42. The summed E-state index contributed by atoms with van der Waals surface area (Å²) in [6.07, 6.45) is 1.91. The molecule has 68 valence electrons. The van der Waals surface area contributed by atoms with E-state index in [1.54, 1.807) is 0 Å². The molecular weight excluding hydrogens is 164 g/mol. The van der Waals surface area contributed by atoms with Crippen LogP contribution in [-0.4, -0.2) is 21.6 Å². The van der Waals surface area contributed by atoms with Crippen molar-refractivity contribution in [3.63, 3.8) is 0 Å². The molecule has 0 aliphatic heterocycles. The van der Waals surface area contributed by atoms with Gasteiger partial charge in [0, 0.05) is 6.20 Å². The van der Waals surface area contributed by atoms with Gasteiger partial charge >= 0.3 is 0 Å². The van der Waals surface area contributed by atoms with Gasteiger partial charge in [0.15, 0.2) is 11.5 Å². The molecule has 0 bridgehead atoms. The highest BCUT2D eigenvalue weighted by Gasteiger charge is 2.03. The Morgan fingerprint density at radius 2 is 2.38 bits per heavy atom. The minimum atomic E-state index is 0.709. The molecular formula is C9H12N4. The summed E-state index contributed by atoms with van der Waals surface area (Å²) < 4.78 is 1.81. The van der Waals surface area contributed by atoms with Gasteiger partial charge in [0.2, 0.25) is 0 Å². The summed E-state index contributed by atoms with van der Waals surface area (Å²) in [6, 6.07) is 4.01. The number of nitrogens with zero attached hydrogens (tertiary/aromatic N) is 3. The quantitative estimate of drug-likeness (QED) is 0.734. The highest BCUT2D eigenvalue weighted by atomic mass is 15.3. The first-order valence-corrected chi connectivity index (χ1v) is 4.27. The highest BCUT2D eigenvalue weighted by Crippen LogP contribution is 2.06. The van der Waals surface area contributed by atoms with E-state index in [1.807, 2.05) is 36.8 Å². The molecule has 2 aromatic heterocycles. The molecule has 1 N–H and O–H groups in total. The predicted octanol–water partition coefficient (Wildman–Crippen LogP) is 0.757. The van der Waals surface area contributed by atoms with Gasteiger partial charge in [0.05, 0.1) is 6.54 Å². The second kappa shape index (κ2) is 3.14. The lowest BCUT2D eigenvalue weighted by Crippen LogP contribution is -2.06. The van der Waals surface area contributed by atoms with Crippen LogP contribution in [0.1, 0.15) is 11.4 Å². The SMILES string of the molecule is CNCc1nc2c(C)cccn2n1. The third kappa shape index (κ3) is 1.40. The monoisotopic (exact) mass is 176 g/mol. The minimum absolute atomic E-state index is 0.709. The van der Waals surface area contributed by atoms with Crippen LogP contribution in [0.4, 0.5) is 0 Å². The van der Waals surface area contributed by atoms with Gasteiger partial charge < -0.3 is 5.32 Å². The van der Waals surface area contributed by atoms with Crippen LogP contribution in [0.5, 0.6) is 0 Å². The third-order valence-electron chi connectivity index (χ3n) is 1.94. The number of fused-ring (bicyclic) bond motifs is 1. The zero-order valence-corrected chi connectivity index (χ0v) is 7.78. The number of hydrogen-bond donors (Lipinski definition) is 1. The van der Waals surface area contributed by atoms with Gasteiger partial charge in [0.25, 0.3) is 0 Å².